The summed E-state index contributed by atoms with van der Waals surface area (Å²) in [6.07, 6.45) is 6.57. The predicted octanol–water partition coefficient (Wildman–Crippen LogP) is -0.156. The van der Waals surface area contributed by atoms with Crippen molar-refractivity contribution in [1.82, 2.24) is 29.5 Å². The number of hydrogen-bond donors (Lipinski definition) is 2. The Morgan fingerprint density at radius 1 is 1.00 bits per heavy atom. The average Bonchev–Trinajstić information content (AvgIpc) is 3.07. The number of aliphatic hydroxyl groups excluding tert-OH is 2. The van der Waals surface area contributed by atoms with Gasteiger partial charge in [0.15, 0.2) is 17.0 Å². The second-order valence-corrected chi connectivity index (χ2v) is 6.18. The van der Waals surface area contributed by atoms with E-state index in [-0.39, 0.29) is 13.2 Å². The van der Waals surface area contributed by atoms with Crippen LogP contribution in [0.1, 0.15) is 11.6 Å². The van der Waals surface area contributed by atoms with E-state index in [1.165, 1.54) is 6.33 Å². The molecule has 10 nitrogen and oxygen atoms in total. The molecule has 3 aromatic rings. The number of aliphatic hydroxyl groups is 2. The molecule has 0 radical (unpaired) electrons. The van der Waals surface area contributed by atoms with Crippen molar-refractivity contribution in [2.75, 3.05) is 44.2 Å². The Balaban J connectivity index is 1.87. The van der Waals surface area contributed by atoms with E-state index in [1.807, 2.05) is 30.9 Å². The van der Waals surface area contributed by atoms with Gasteiger partial charge in [-0.05, 0) is 0 Å². The molecule has 0 aliphatic carbocycles. The van der Waals surface area contributed by atoms with Gasteiger partial charge in [0.1, 0.15) is 6.33 Å². The van der Waals surface area contributed by atoms with Gasteiger partial charge in [-0.3, -0.25) is 0 Å². The van der Waals surface area contributed by atoms with Gasteiger partial charge in [-0.2, -0.15) is 0 Å². The largest absolute Gasteiger partial charge is 0.394 e. The Bertz CT molecular complexity index is 860. The van der Waals surface area contributed by atoms with Crippen LogP contribution >= 0.6 is 0 Å². The molecule has 10 heteroatoms. The Kier molecular flexibility index (Phi) is 5.24. The summed E-state index contributed by atoms with van der Waals surface area (Å²) in [6.45, 7) is 0.148. The maximum Gasteiger partial charge on any atom is 0.224 e. The third kappa shape index (κ3) is 3.41. The minimum Gasteiger partial charge on any atom is -0.394 e. The standard InChI is InChI=1S/C16H22N8O2/c1-22(2)16-17-4-11(5-18-16)6-23(3)14-13-15(20-9-19-14)24(10-21-13)12(7-25)8-26/h4-5,9-10,12,25-26H,6-8H2,1-3H3. The molecule has 0 saturated carbocycles. The van der Waals surface area contributed by atoms with Gasteiger partial charge < -0.3 is 24.6 Å². The van der Waals surface area contributed by atoms with Crippen LogP contribution in [-0.4, -0.2) is 74.1 Å². The highest BCUT2D eigenvalue weighted by atomic mass is 16.3. The normalized spacial score (nSPS) is 11.3. The molecular weight excluding hydrogens is 336 g/mol. The molecular formula is C16H22N8O2. The third-order valence-electron chi connectivity index (χ3n) is 4.03. The highest BCUT2D eigenvalue weighted by Crippen LogP contribution is 2.23. The maximum atomic E-state index is 9.41. The molecule has 26 heavy (non-hydrogen) atoms. The molecule has 3 heterocycles. The zero-order chi connectivity index (χ0) is 18.7. The first-order valence-corrected chi connectivity index (χ1v) is 8.13. The van der Waals surface area contributed by atoms with Crippen molar-refractivity contribution in [2.45, 2.75) is 12.6 Å². The topological polar surface area (TPSA) is 116 Å². The average molecular weight is 358 g/mol. The van der Waals surface area contributed by atoms with Crippen molar-refractivity contribution in [3.05, 3.63) is 30.6 Å². The van der Waals surface area contributed by atoms with Crippen molar-refractivity contribution in [2.24, 2.45) is 0 Å². The van der Waals surface area contributed by atoms with Crippen molar-refractivity contribution < 1.29 is 10.2 Å². The number of anilines is 2. The summed E-state index contributed by atoms with van der Waals surface area (Å²) in [5.41, 5.74) is 2.11. The molecule has 3 aromatic heterocycles. The van der Waals surface area contributed by atoms with E-state index >= 15 is 0 Å². The van der Waals surface area contributed by atoms with Crippen LogP contribution in [0, 0.1) is 0 Å². The summed E-state index contributed by atoms with van der Waals surface area (Å²) in [6, 6.07) is -0.486. The highest BCUT2D eigenvalue weighted by molar-refractivity contribution is 5.83. The number of hydrogen-bond acceptors (Lipinski definition) is 9. The lowest BCUT2D eigenvalue weighted by atomic mass is 10.3. The second kappa shape index (κ2) is 7.58. The third-order valence-corrected chi connectivity index (χ3v) is 4.03. The summed E-state index contributed by atoms with van der Waals surface area (Å²) < 4.78 is 1.66. The second-order valence-electron chi connectivity index (χ2n) is 6.18. The van der Waals surface area contributed by atoms with E-state index in [0.29, 0.717) is 29.5 Å². The summed E-state index contributed by atoms with van der Waals surface area (Å²) >= 11 is 0. The minimum absolute atomic E-state index is 0.202. The van der Waals surface area contributed by atoms with Crippen molar-refractivity contribution in [3.63, 3.8) is 0 Å². The summed E-state index contributed by atoms with van der Waals surface area (Å²) in [4.78, 5) is 25.4. The fourth-order valence-corrected chi connectivity index (χ4v) is 2.63. The maximum absolute atomic E-state index is 9.41. The van der Waals surface area contributed by atoms with Gasteiger partial charge in [-0.15, -0.1) is 0 Å². The molecule has 0 atom stereocenters. The molecule has 2 N–H and O–H groups in total. The van der Waals surface area contributed by atoms with Gasteiger partial charge in [0.05, 0.1) is 25.6 Å². The fourth-order valence-electron chi connectivity index (χ4n) is 2.63. The van der Waals surface area contributed by atoms with Gasteiger partial charge in [-0.25, -0.2) is 24.9 Å². The van der Waals surface area contributed by atoms with E-state index in [1.54, 1.807) is 23.3 Å². The molecule has 0 saturated heterocycles. The molecule has 3 rings (SSSR count). The van der Waals surface area contributed by atoms with Crippen molar-refractivity contribution in [1.29, 1.82) is 0 Å². The number of aromatic nitrogens is 6. The van der Waals surface area contributed by atoms with Crippen molar-refractivity contribution in [3.8, 4) is 0 Å². The lowest BCUT2D eigenvalue weighted by Crippen LogP contribution is -2.20. The van der Waals surface area contributed by atoms with Crippen LogP contribution < -0.4 is 9.80 Å². The van der Waals surface area contributed by atoms with E-state index in [9.17, 15) is 10.2 Å². The zero-order valence-electron chi connectivity index (χ0n) is 15.0. The van der Waals surface area contributed by atoms with E-state index in [0.717, 1.165) is 5.56 Å². The first kappa shape index (κ1) is 18.0. The van der Waals surface area contributed by atoms with E-state index in [2.05, 4.69) is 24.9 Å². The Morgan fingerprint density at radius 3 is 2.31 bits per heavy atom. The first-order valence-electron chi connectivity index (χ1n) is 8.13. The van der Waals surface area contributed by atoms with Gasteiger partial charge in [0.25, 0.3) is 0 Å². The van der Waals surface area contributed by atoms with Crippen LogP contribution in [0.4, 0.5) is 11.8 Å². The number of nitrogens with zero attached hydrogens (tertiary/aromatic N) is 8. The fraction of sp³-hybridized carbons (Fsp3) is 0.438. The smallest absolute Gasteiger partial charge is 0.224 e. The van der Waals surface area contributed by atoms with Gasteiger partial charge >= 0.3 is 0 Å². The quantitative estimate of drug-likeness (QED) is 0.594. The lowest BCUT2D eigenvalue weighted by Gasteiger charge is -2.19. The molecule has 0 bridgehead atoms. The monoisotopic (exact) mass is 358 g/mol. The SMILES string of the molecule is CN(C)c1ncc(CN(C)c2ncnc3c2ncn3C(CO)CO)cn1. The molecule has 0 amide bonds. The summed E-state index contributed by atoms with van der Waals surface area (Å²) in [7, 11) is 5.68. The van der Waals surface area contributed by atoms with Gasteiger partial charge in [-0.1, -0.05) is 0 Å². The van der Waals surface area contributed by atoms with Gasteiger partial charge in [0, 0.05) is 45.6 Å². The molecule has 0 aromatic carbocycles. The van der Waals surface area contributed by atoms with Crippen LogP contribution in [0.2, 0.25) is 0 Å². The molecule has 0 spiro atoms. The van der Waals surface area contributed by atoms with Crippen LogP contribution in [0.5, 0.6) is 0 Å². The summed E-state index contributed by atoms with van der Waals surface area (Å²) in [5, 5.41) is 18.8. The van der Waals surface area contributed by atoms with Crippen LogP contribution in [0.3, 0.4) is 0 Å². The van der Waals surface area contributed by atoms with E-state index < -0.39 is 6.04 Å². The molecule has 0 aliphatic heterocycles. The molecule has 0 fully saturated rings. The van der Waals surface area contributed by atoms with Crippen molar-refractivity contribution >= 4 is 22.9 Å². The van der Waals surface area contributed by atoms with Crippen LogP contribution in [0.15, 0.2) is 25.0 Å². The van der Waals surface area contributed by atoms with Crippen LogP contribution in [0.25, 0.3) is 11.2 Å². The van der Waals surface area contributed by atoms with E-state index in [4.69, 9.17) is 0 Å². The Morgan fingerprint density at radius 2 is 1.69 bits per heavy atom. The summed E-state index contributed by atoms with van der Waals surface area (Å²) in [5.74, 6) is 1.30. The van der Waals surface area contributed by atoms with Crippen LogP contribution in [-0.2, 0) is 6.54 Å². The molecule has 138 valence electrons. The first-order chi connectivity index (χ1) is 12.5. The Hall–Kier alpha value is -2.85. The van der Waals surface area contributed by atoms with Gasteiger partial charge in [0.2, 0.25) is 5.95 Å². The molecule has 0 aliphatic rings. The Labute approximate surface area is 150 Å². The predicted molar refractivity (Wildman–Crippen MR) is 97.0 cm³/mol. The molecule has 0 unspecified atom stereocenters. The minimum atomic E-state index is -0.486. The highest BCUT2D eigenvalue weighted by Gasteiger charge is 2.18. The number of fused-ring (bicyclic) bond motifs is 1. The number of imidazole rings is 1. The zero-order valence-corrected chi connectivity index (χ0v) is 15.0. The lowest BCUT2D eigenvalue weighted by molar-refractivity contribution is 0.156. The number of rotatable bonds is 7.